The van der Waals surface area contributed by atoms with Crippen LogP contribution < -0.4 is 4.72 Å². The van der Waals surface area contributed by atoms with E-state index in [4.69, 9.17) is 9.52 Å². The van der Waals surface area contributed by atoms with Crippen LogP contribution in [0.5, 0.6) is 0 Å². The van der Waals surface area contributed by atoms with Gasteiger partial charge in [-0.05, 0) is 44.4 Å². The Balaban J connectivity index is 2.18. The number of carbonyl (C=O) groups is 1. The number of carboxylic acids is 1. The van der Waals surface area contributed by atoms with E-state index < -0.39 is 16.0 Å². The number of hydrogen-bond donors (Lipinski definition) is 2. The fourth-order valence-corrected chi connectivity index (χ4v) is 3.17. The SMILES string of the molecule is CN(C)C(CNS(=O)(=O)c1cccc(C(=O)O)c1)c1ccco1. The Morgan fingerprint density at radius 3 is 2.61 bits per heavy atom. The Labute approximate surface area is 134 Å². The minimum Gasteiger partial charge on any atom is -0.478 e. The number of sulfonamides is 1. The number of furan rings is 1. The first kappa shape index (κ1) is 17.2. The van der Waals surface area contributed by atoms with Crippen molar-refractivity contribution in [3.63, 3.8) is 0 Å². The van der Waals surface area contributed by atoms with Crippen molar-refractivity contribution in [3.8, 4) is 0 Å². The number of likely N-dealkylation sites (N-methyl/N-ethyl adjacent to an activating group) is 1. The van der Waals surface area contributed by atoms with Crippen LogP contribution >= 0.6 is 0 Å². The molecule has 0 aliphatic carbocycles. The maximum Gasteiger partial charge on any atom is 0.335 e. The van der Waals surface area contributed by atoms with Gasteiger partial charge in [0.1, 0.15) is 5.76 Å². The molecule has 1 heterocycles. The molecule has 8 heteroatoms. The highest BCUT2D eigenvalue weighted by Crippen LogP contribution is 2.19. The van der Waals surface area contributed by atoms with Gasteiger partial charge in [0.15, 0.2) is 0 Å². The molecule has 124 valence electrons. The topological polar surface area (TPSA) is 99.9 Å². The van der Waals surface area contributed by atoms with E-state index in [1.54, 1.807) is 12.1 Å². The molecule has 1 atom stereocenters. The van der Waals surface area contributed by atoms with Gasteiger partial charge in [0, 0.05) is 6.54 Å². The molecular formula is C15H18N2O5S. The summed E-state index contributed by atoms with van der Waals surface area (Å²) in [5.74, 6) is -0.541. The standard InChI is InChI=1S/C15H18N2O5S/c1-17(2)13(14-7-4-8-22-14)10-16-23(20,21)12-6-3-5-11(9-12)15(18)19/h3-9,13,16H,10H2,1-2H3,(H,18,19). The molecule has 0 saturated carbocycles. The van der Waals surface area contributed by atoms with E-state index in [1.807, 2.05) is 19.0 Å². The second-order valence-electron chi connectivity index (χ2n) is 5.18. The Hall–Kier alpha value is -2.16. The molecule has 0 aliphatic heterocycles. The number of benzene rings is 1. The number of aromatic carboxylic acids is 1. The van der Waals surface area contributed by atoms with E-state index in [-0.39, 0.29) is 23.0 Å². The summed E-state index contributed by atoms with van der Waals surface area (Å²) in [5, 5.41) is 8.96. The fraction of sp³-hybridized carbons (Fsp3) is 0.267. The Morgan fingerprint density at radius 1 is 1.30 bits per heavy atom. The lowest BCUT2D eigenvalue weighted by atomic mass is 10.2. The van der Waals surface area contributed by atoms with Gasteiger partial charge < -0.3 is 9.52 Å². The first-order chi connectivity index (χ1) is 10.8. The highest BCUT2D eigenvalue weighted by Gasteiger charge is 2.22. The summed E-state index contributed by atoms with van der Waals surface area (Å²) in [6.07, 6.45) is 1.52. The maximum absolute atomic E-state index is 12.4. The fourth-order valence-electron chi connectivity index (χ4n) is 2.09. The van der Waals surface area contributed by atoms with E-state index in [2.05, 4.69) is 4.72 Å². The van der Waals surface area contributed by atoms with E-state index in [0.717, 1.165) is 6.07 Å². The van der Waals surface area contributed by atoms with Crippen molar-refractivity contribution in [1.82, 2.24) is 9.62 Å². The van der Waals surface area contributed by atoms with Crippen LogP contribution in [-0.2, 0) is 10.0 Å². The molecule has 2 aromatic rings. The van der Waals surface area contributed by atoms with Crippen LogP contribution in [0.3, 0.4) is 0 Å². The smallest absolute Gasteiger partial charge is 0.335 e. The first-order valence-corrected chi connectivity index (χ1v) is 8.32. The molecule has 0 bridgehead atoms. The first-order valence-electron chi connectivity index (χ1n) is 6.84. The van der Waals surface area contributed by atoms with Gasteiger partial charge in [0.2, 0.25) is 10.0 Å². The third-order valence-corrected chi connectivity index (χ3v) is 4.77. The third kappa shape index (κ3) is 4.19. The van der Waals surface area contributed by atoms with Gasteiger partial charge in [-0.15, -0.1) is 0 Å². The molecule has 1 unspecified atom stereocenters. The quantitative estimate of drug-likeness (QED) is 0.795. The predicted molar refractivity (Wildman–Crippen MR) is 83.7 cm³/mol. The van der Waals surface area contributed by atoms with Gasteiger partial charge in [-0.25, -0.2) is 17.9 Å². The van der Waals surface area contributed by atoms with Crippen LogP contribution in [0.15, 0.2) is 52.0 Å². The summed E-state index contributed by atoms with van der Waals surface area (Å²) in [6.45, 7) is 0.0974. The lowest BCUT2D eigenvalue weighted by Gasteiger charge is -2.22. The van der Waals surface area contributed by atoms with E-state index in [0.29, 0.717) is 5.76 Å². The summed E-state index contributed by atoms with van der Waals surface area (Å²) < 4.78 is 32.5. The van der Waals surface area contributed by atoms with Gasteiger partial charge in [-0.2, -0.15) is 0 Å². The second-order valence-corrected chi connectivity index (χ2v) is 6.95. The van der Waals surface area contributed by atoms with Crippen LogP contribution in [0.1, 0.15) is 22.2 Å². The number of nitrogens with zero attached hydrogens (tertiary/aromatic N) is 1. The Bertz CT molecular complexity index is 769. The molecule has 0 radical (unpaired) electrons. The number of carboxylic acid groups (broad SMARTS) is 1. The minimum atomic E-state index is -3.82. The summed E-state index contributed by atoms with van der Waals surface area (Å²) in [6, 6.07) is 8.44. The van der Waals surface area contributed by atoms with Crippen molar-refractivity contribution in [2.24, 2.45) is 0 Å². The van der Waals surface area contributed by atoms with E-state index in [1.165, 1.54) is 24.5 Å². The molecule has 0 amide bonds. The lowest BCUT2D eigenvalue weighted by Crippen LogP contribution is -2.34. The van der Waals surface area contributed by atoms with Crippen molar-refractivity contribution >= 4 is 16.0 Å². The van der Waals surface area contributed by atoms with Crippen LogP contribution in [0.2, 0.25) is 0 Å². The molecule has 0 spiro atoms. The van der Waals surface area contributed by atoms with Crippen LogP contribution in [0, 0.1) is 0 Å². The normalized spacial score (nSPS) is 13.2. The highest BCUT2D eigenvalue weighted by atomic mass is 32.2. The zero-order valence-corrected chi connectivity index (χ0v) is 13.6. The molecule has 0 saturated heterocycles. The monoisotopic (exact) mass is 338 g/mol. The largest absolute Gasteiger partial charge is 0.478 e. The molecule has 1 aromatic carbocycles. The summed E-state index contributed by atoms with van der Waals surface area (Å²) in [4.78, 5) is 12.7. The number of nitrogens with one attached hydrogen (secondary N) is 1. The van der Waals surface area contributed by atoms with Crippen LogP contribution in [0.25, 0.3) is 0 Å². The van der Waals surface area contributed by atoms with Crippen molar-refractivity contribution in [2.45, 2.75) is 10.9 Å². The zero-order chi connectivity index (χ0) is 17.0. The van der Waals surface area contributed by atoms with Gasteiger partial charge in [-0.3, -0.25) is 4.90 Å². The molecule has 2 rings (SSSR count). The predicted octanol–water partition coefficient (Wildman–Crippen LogP) is 1.56. The molecule has 1 aromatic heterocycles. The van der Waals surface area contributed by atoms with Crippen molar-refractivity contribution in [3.05, 3.63) is 54.0 Å². The lowest BCUT2D eigenvalue weighted by molar-refractivity contribution is 0.0696. The van der Waals surface area contributed by atoms with E-state index in [9.17, 15) is 13.2 Å². The average molecular weight is 338 g/mol. The minimum absolute atomic E-state index is 0.0805. The average Bonchev–Trinajstić information content (AvgIpc) is 3.01. The van der Waals surface area contributed by atoms with Crippen molar-refractivity contribution in [2.75, 3.05) is 20.6 Å². The van der Waals surface area contributed by atoms with Gasteiger partial charge in [-0.1, -0.05) is 6.07 Å². The molecule has 2 N–H and O–H groups in total. The molecule has 0 aliphatic rings. The number of hydrogen-bond acceptors (Lipinski definition) is 5. The third-order valence-electron chi connectivity index (χ3n) is 3.35. The van der Waals surface area contributed by atoms with Gasteiger partial charge in [0.25, 0.3) is 0 Å². The Kier molecular flexibility index (Phi) is 5.19. The second kappa shape index (κ2) is 6.95. The van der Waals surface area contributed by atoms with Crippen molar-refractivity contribution < 1.29 is 22.7 Å². The zero-order valence-electron chi connectivity index (χ0n) is 12.8. The van der Waals surface area contributed by atoms with Gasteiger partial charge in [0.05, 0.1) is 22.8 Å². The number of rotatable bonds is 7. The van der Waals surface area contributed by atoms with Crippen LogP contribution in [0.4, 0.5) is 0 Å². The molecule has 0 fully saturated rings. The summed E-state index contributed by atoms with van der Waals surface area (Å²) in [7, 11) is -0.194. The molecular weight excluding hydrogens is 320 g/mol. The molecule has 7 nitrogen and oxygen atoms in total. The maximum atomic E-state index is 12.4. The Morgan fingerprint density at radius 2 is 2.04 bits per heavy atom. The molecule has 23 heavy (non-hydrogen) atoms. The van der Waals surface area contributed by atoms with Crippen molar-refractivity contribution in [1.29, 1.82) is 0 Å². The highest BCUT2D eigenvalue weighted by molar-refractivity contribution is 7.89. The van der Waals surface area contributed by atoms with Crippen LogP contribution in [-0.4, -0.2) is 45.0 Å². The van der Waals surface area contributed by atoms with Gasteiger partial charge >= 0.3 is 5.97 Å². The summed E-state index contributed by atoms with van der Waals surface area (Å²) >= 11 is 0. The van der Waals surface area contributed by atoms with E-state index >= 15 is 0 Å². The summed E-state index contributed by atoms with van der Waals surface area (Å²) in [5.41, 5.74) is -0.0805.